The maximum Gasteiger partial charge on any atom is 0.0107 e. The fourth-order valence-corrected chi connectivity index (χ4v) is 3.10. The predicted molar refractivity (Wildman–Crippen MR) is 71.8 cm³/mol. The molecule has 1 heterocycles. The Morgan fingerprint density at radius 1 is 0.938 bits per heavy atom. The summed E-state index contributed by atoms with van der Waals surface area (Å²) < 4.78 is 0. The van der Waals surface area contributed by atoms with Crippen LogP contribution in [0.4, 0.5) is 0 Å². The van der Waals surface area contributed by atoms with E-state index < -0.39 is 0 Å². The van der Waals surface area contributed by atoms with Gasteiger partial charge in [0, 0.05) is 26.2 Å². The van der Waals surface area contributed by atoms with Crippen molar-refractivity contribution in [3.05, 3.63) is 0 Å². The fourth-order valence-electron chi connectivity index (χ4n) is 3.10. The molecule has 0 aliphatic carbocycles. The van der Waals surface area contributed by atoms with Crippen LogP contribution >= 0.6 is 0 Å². The molecule has 1 rings (SSSR count). The Morgan fingerprint density at radius 3 is 2.06 bits per heavy atom. The van der Waals surface area contributed by atoms with Gasteiger partial charge in [-0.1, -0.05) is 33.6 Å². The van der Waals surface area contributed by atoms with Crippen LogP contribution in [-0.4, -0.2) is 37.6 Å². The van der Waals surface area contributed by atoms with Gasteiger partial charge in [0.05, 0.1) is 0 Å². The molecule has 1 aliphatic rings. The van der Waals surface area contributed by atoms with E-state index in [9.17, 15) is 0 Å². The molecule has 1 N–H and O–H groups in total. The van der Waals surface area contributed by atoms with Crippen molar-refractivity contribution in [1.29, 1.82) is 0 Å². The van der Waals surface area contributed by atoms with Gasteiger partial charge in [0.15, 0.2) is 0 Å². The Balaban J connectivity index is 2.12. The second-order valence-electron chi connectivity index (χ2n) is 5.46. The maximum atomic E-state index is 3.48. The summed E-state index contributed by atoms with van der Waals surface area (Å²) in [6, 6.07) is 0. The van der Waals surface area contributed by atoms with Crippen LogP contribution in [0.3, 0.4) is 0 Å². The summed E-state index contributed by atoms with van der Waals surface area (Å²) >= 11 is 0. The molecule has 0 unspecified atom stereocenters. The van der Waals surface area contributed by atoms with Gasteiger partial charge in [-0.25, -0.2) is 0 Å². The summed E-state index contributed by atoms with van der Waals surface area (Å²) in [6.45, 7) is 13.2. The van der Waals surface area contributed by atoms with Gasteiger partial charge in [-0.15, -0.1) is 0 Å². The molecular weight excluding hydrogens is 196 g/mol. The van der Waals surface area contributed by atoms with Gasteiger partial charge in [0.2, 0.25) is 0 Å². The number of hydrogen-bond donors (Lipinski definition) is 1. The molecule has 0 aromatic rings. The topological polar surface area (TPSA) is 15.3 Å². The first kappa shape index (κ1) is 14.0. The predicted octanol–water partition coefficient (Wildman–Crippen LogP) is 2.89. The first-order chi connectivity index (χ1) is 7.76. The lowest BCUT2D eigenvalue weighted by Crippen LogP contribution is -2.57. The van der Waals surface area contributed by atoms with Crippen molar-refractivity contribution in [2.24, 2.45) is 5.41 Å². The van der Waals surface area contributed by atoms with E-state index in [1.165, 1.54) is 64.8 Å². The molecule has 1 fully saturated rings. The smallest absolute Gasteiger partial charge is 0.0107 e. The molecule has 0 amide bonds. The van der Waals surface area contributed by atoms with Crippen LogP contribution in [-0.2, 0) is 0 Å². The molecule has 1 aliphatic heterocycles. The lowest BCUT2D eigenvalue weighted by molar-refractivity contribution is -0.0132. The van der Waals surface area contributed by atoms with Crippen LogP contribution in [0.15, 0.2) is 0 Å². The SMILES string of the molecule is CCCNCCN1CC(CCC)(CCC)C1. The molecule has 2 nitrogen and oxygen atoms in total. The third-order valence-electron chi connectivity index (χ3n) is 3.71. The van der Waals surface area contributed by atoms with E-state index in [1.54, 1.807) is 0 Å². The summed E-state index contributed by atoms with van der Waals surface area (Å²) in [6.07, 6.45) is 6.80. The first-order valence-electron chi connectivity index (χ1n) is 7.19. The van der Waals surface area contributed by atoms with Crippen molar-refractivity contribution in [3.63, 3.8) is 0 Å². The molecule has 2 heteroatoms. The van der Waals surface area contributed by atoms with Crippen molar-refractivity contribution in [2.75, 3.05) is 32.7 Å². The van der Waals surface area contributed by atoms with Crippen molar-refractivity contribution in [2.45, 2.75) is 52.9 Å². The molecule has 0 aromatic carbocycles. The standard InChI is InChI=1S/C14H30N2/c1-4-7-14(8-5-2)12-16(13-14)11-10-15-9-6-3/h15H,4-13H2,1-3H3. The largest absolute Gasteiger partial charge is 0.315 e. The molecule has 1 saturated heterocycles. The zero-order chi connectivity index (χ0) is 11.9. The Bertz CT molecular complexity index is 166. The van der Waals surface area contributed by atoms with Crippen molar-refractivity contribution >= 4 is 0 Å². The summed E-state index contributed by atoms with van der Waals surface area (Å²) in [5.74, 6) is 0. The lowest BCUT2D eigenvalue weighted by atomic mass is 9.73. The summed E-state index contributed by atoms with van der Waals surface area (Å²) in [5.41, 5.74) is 0.689. The van der Waals surface area contributed by atoms with Crippen LogP contribution in [0, 0.1) is 5.41 Å². The van der Waals surface area contributed by atoms with E-state index in [0.717, 1.165) is 0 Å². The second kappa shape index (κ2) is 7.29. The number of likely N-dealkylation sites (tertiary alicyclic amines) is 1. The highest BCUT2D eigenvalue weighted by atomic mass is 15.2. The van der Waals surface area contributed by atoms with Gasteiger partial charge in [-0.3, -0.25) is 0 Å². The average Bonchev–Trinajstić information content (AvgIpc) is 2.22. The molecular formula is C14H30N2. The summed E-state index contributed by atoms with van der Waals surface area (Å²) in [4.78, 5) is 2.62. The van der Waals surface area contributed by atoms with Gasteiger partial charge in [-0.05, 0) is 31.2 Å². The van der Waals surface area contributed by atoms with Crippen LogP contribution in [0.5, 0.6) is 0 Å². The zero-order valence-corrected chi connectivity index (χ0v) is 11.5. The highest BCUT2D eigenvalue weighted by Crippen LogP contribution is 2.39. The maximum absolute atomic E-state index is 3.48. The van der Waals surface area contributed by atoms with Crippen LogP contribution in [0.1, 0.15) is 52.9 Å². The van der Waals surface area contributed by atoms with E-state index in [0.29, 0.717) is 5.41 Å². The molecule has 96 valence electrons. The molecule has 0 aromatic heterocycles. The van der Waals surface area contributed by atoms with Crippen molar-refractivity contribution < 1.29 is 0 Å². The average molecular weight is 226 g/mol. The summed E-state index contributed by atoms with van der Waals surface area (Å²) in [5, 5.41) is 3.48. The second-order valence-corrected chi connectivity index (χ2v) is 5.46. The van der Waals surface area contributed by atoms with Crippen LogP contribution in [0.2, 0.25) is 0 Å². The quantitative estimate of drug-likeness (QED) is 0.608. The van der Waals surface area contributed by atoms with Gasteiger partial charge in [-0.2, -0.15) is 0 Å². The lowest BCUT2D eigenvalue weighted by Gasteiger charge is -2.51. The van der Waals surface area contributed by atoms with Crippen molar-refractivity contribution in [1.82, 2.24) is 10.2 Å². The minimum Gasteiger partial charge on any atom is -0.315 e. The first-order valence-corrected chi connectivity index (χ1v) is 7.19. The third-order valence-corrected chi connectivity index (χ3v) is 3.71. The number of hydrogen-bond acceptors (Lipinski definition) is 2. The van der Waals surface area contributed by atoms with Crippen LogP contribution in [0.25, 0.3) is 0 Å². The number of nitrogens with one attached hydrogen (secondary N) is 1. The van der Waals surface area contributed by atoms with Crippen molar-refractivity contribution in [3.8, 4) is 0 Å². The Labute approximate surface area is 102 Å². The molecule has 0 radical (unpaired) electrons. The normalized spacial score (nSPS) is 19.7. The van der Waals surface area contributed by atoms with Gasteiger partial charge in [0.25, 0.3) is 0 Å². The van der Waals surface area contributed by atoms with E-state index in [2.05, 4.69) is 31.0 Å². The highest BCUT2D eigenvalue weighted by molar-refractivity contribution is 4.94. The Hall–Kier alpha value is -0.0800. The minimum atomic E-state index is 0.689. The fraction of sp³-hybridized carbons (Fsp3) is 1.00. The highest BCUT2D eigenvalue weighted by Gasteiger charge is 2.40. The Morgan fingerprint density at radius 2 is 1.56 bits per heavy atom. The minimum absolute atomic E-state index is 0.689. The van der Waals surface area contributed by atoms with Gasteiger partial charge < -0.3 is 10.2 Å². The van der Waals surface area contributed by atoms with E-state index in [1.807, 2.05) is 0 Å². The van der Waals surface area contributed by atoms with Crippen LogP contribution < -0.4 is 5.32 Å². The monoisotopic (exact) mass is 226 g/mol. The number of nitrogens with zero attached hydrogens (tertiary/aromatic N) is 1. The van der Waals surface area contributed by atoms with Gasteiger partial charge >= 0.3 is 0 Å². The van der Waals surface area contributed by atoms with Gasteiger partial charge in [0.1, 0.15) is 0 Å². The number of rotatable bonds is 9. The Kier molecular flexibility index (Phi) is 6.37. The van der Waals surface area contributed by atoms with E-state index in [4.69, 9.17) is 0 Å². The zero-order valence-electron chi connectivity index (χ0n) is 11.5. The summed E-state index contributed by atoms with van der Waals surface area (Å²) in [7, 11) is 0. The third kappa shape index (κ3) is 4.06. The molecule has 16 heavy (non-hydrogen) atoms. The molecule has 0 spiro atoms. The molecule has 0 bridgehead atoms. The van der Waals surface area contributed by atoms with E-state index >= 15 is 0 Å². The van der Waals surface area contributed by atoms with E-state index in [-0.39, 0.29) is 0 Å². The molecule has 0 atom stereocenters. The molecule has 0 saturated carbocycles.